The Morgan fingerprint density at radius 1 is 0.431 bits per heavy atom. The molecule has 2 aliphatic carbocycles. The van der Waals surface area contributed by atoms with Gasteiger partial charge in [0.1, 0.15) is 22.5 Å². The number of pyridine rings is 1. The molecule has 3 heterocycles. The Balaban J connectivity index is 1.15. The van der Waals surface area contributed by atoms with Crippen LogP contribution in [0.15, 0.2) is 205 Å². The summed E-state index contributed by atoms with van der Waals surface area (Å²) in [6.07, 6.45) is 0. The van der Waals surface area contributed by atoms with E-state index in [2.05, 4.69) is 197 Å². The molecule has 4 nitrogen and oxygen atoms in total. The molecule has 2 aliphatic rings. The van der Waals surface area contributed by atoms with E-state index in [0.717, 1.165) is 66.7 Å². The van der Waals surface area contributed by atoms with E-state index in [1.54, 1.807) is 0 Å². The number of hydrogen-bond donors (Lipinski definition) is 0. The quantitative estimate of drug-likeness (QED) is 0.180. The first-order chi connectivity index (χ1) is 28.8. The topological polar surface area (TPSA) is 33.7 Å². The number of rotatable bonds is 4. The summed E-state index contributed by atoms with van der Waals surface area (Å²) in [7, 11) is 0. The van der Waals surface area contributed by atoms with E-state index in [9.17, 15) is 0 Å². The molecule has 11 aromatic rings. The van der Waals surface area contributed by atoms with Crippen molar-refractivity contribution in [3.05, 3.63) is 222 Å². The Hall–Kier alpha value is -7.69. The van der Waals surface area contributed by atoms with Crippen LogP contribution in [-0.4, -0.2) is 9.61 Å². The first-order valence-corrected chi connectivity index (χ1v) is 19.9. The summed E-state index contributed by atoms with van der Waals surface area (Å²) in [5, 5.41) is 8.78. The summed E-state index contributed by atoms with van der Waals surface area (Å²) < 4.78 is 8.51. The molecule has 8 aromatic carbocycles. The number of benzene rings is 8. The fourth-order valence-electron chi connectivity index (χ4n) is 10.2. The molecule has 0 saturated heterocycles. The fraction of sp³-hybridized carbons (Fsp3) is 0.0185. The Morgan fingerprint density at radius 3 is 1.78 bits per heavy atom. The zero-order valence-corrected chi connectivity index (χ0v) is 31.3. The summed E-state index contributed by atoms with van der Waals surface area (Å²) in [6, 6.07) is 72.6. The summed E-state index contributed by atoms with van der Waals surface area (Å²) in [5.41, 5.74) is 18.8. The zero-order valence-electron chi connectivity index (χ0n) is 31.3. The number of hydrogen-bond acceptors (Lipinski definition) is 3. The second-order valence-corrected chi connectivity index (χ2v) is 15.5. The second kappa shape index (κ2) is 11.7. The van der Waals surface area contributed by atoms with Gasteiger partial charge in [-0.25, -0.2) is 4.52 Å². The lowest BCUT2D eigenvalue weighted by atomic mass is 9.70. The lowest BCUT2D eigenvalue weighted by Gasteiger charge is -2.32. The average molecular weight is 740 g/mol. The van der Waals surface area contributed by atoms with E-state index in [0.29, 0.717) is 0 Å². The van der Waals surface area contributed by atoms with Crippen LogP contribution in [0.4, 0.5) is 17.1 Å². The normalized spacial score (nSPS) is 13.3. The van der Waals surface area contributed by atoms with Gasteiger partial charge < -0.3 is 9.32 Å². The van der Waals surface area contributed by atoms with Crippen LogP contribution in [0.25, 0.3) is 71.9 Å². The molecule has 3 aromatic heterocycles. The summed E-state index contributed by atoms with van der Waals surface area (Å²) in [6.45, 7) is 0. The van der Waals surface area contributed by atoms with E-state index < -0.39 is 5.41 Å². The highest BCUT2D eigenvalue weighted by atomic mass is 16.3. The number of aromatic nitrogens is 2. The van der Waals surface area contributed by atoms with E-state index in [-0.39, 0.29) is 0 Å². The van der Waals surface area contributed by atoms with Gasteiger partial charge in [-0.15, -0.1) is 0 Å². The molecule has 0 fully saturated rings. The lowest BCUT2D eigenvalue weighted by molar-refractivity contribution is 0.669. The van der Waals surface area contributed by atoms with Gasteiger partial charge in [0.05, 0.1) is 16.4 Å². The minimum Gasteiger partial charge on any atom is -0.456 e. The summed E-state index contributed by atoms with van der Waals surface area (Å²) in [4.78, 5) is 2.43. The van der Waals surface area contributed by atoms with Crippen LogP contribution >= 0.6 is 0 Å². The Bertz CT molecular complexity index is 3420. The standard InChI is InChI=1S/C54H33N3O/c1-2-15-35(16-3-1)52-53(49-30-26-34-14-4-12-24-48(34)57(49)55-52)56(36-28-31-51-43(32-36)42-20-8-13-25-50(42)58-51)37-27-29-41-40-19-7-11-23-46(40)54(47(41)33-37)44-21-9-5-17-38(44)39-18-6-10-22-45(39)54/h1-33H. The molecule has 270 valence electrons. The lowest BCUT2D eigenvalue weighted by Crippen LogP contribution is -2.26. The molecule has 0 N–H and O–H groups in total. The maximum atomic E-state index is 6.39. The van der Waals surface area contributed by atoms with E-state index in [4.69, 9.17) is 9.52 Å². The molecule has 13 rings (SSSR count). The van der Waals surface area contributed by atoms with Crippen molar-refractivity contribution in [2.75, 3.05) is 4.90 Å². The Labute approximate surface area is 334 Å². The van der Waals surface area contributed by atoms with Crippen molar-refractivity contribution in [1.82, 2.24) is 9.61 Å². The molecule has 0 unspecified atom stereocenters. The van der Waals surface area contributed by atoms with Crippen molar-refractivity contribution in [1.29, 1.82) is 0 Å². The van der Waals surface area contributed by atoms with Crippen LogP contribution in [0.2, 0.25) is 0 Å². The van der Waals surface area contributed by atoms with Gasteiger partial charge in [0, 0.05) is 33.1 Å². The average Bonchev–Trinajstić information content (AvgIpc) is 4.02. The van der Waals surface area contributed by atoms with E-state index in [1.165, 1.54) is 44.5 Å². The first-order valence-electron chi connectivity index (χ1n) is 19.9. The summed E-state index contributed by atoms with van der Waals surface area (Å²) >= 11 is 0. The smallest absolute Gasteiger partial charge is 0.135 e. The van der Waals surface area contributed by atoms with Crippen LogP contribution in [-0.2, 0) is 5.41 Å². The van der Waals surface area contributed by atoms with Crippen LogP contribution in [0, 0.1) is 0 Å². The molecular formula is C54H33N3O. The highest BCUT2D eigenvalue weighted by Crippen LogP contribution is 2.63. The van der Waals surface area contributed by atoms with Gasteiger partial charge in [-0.05, 0) is 93.0 Å². The molecule has 0 atom stereocenters. The van der Waals surface area contributed by atoms with Crippen molar-refractivity contribution in [3.63, 3.8) is 0 Å². The van der Waals surface area contributed by atoms with Gasteiger partial charge in [-0.1, -0.05) is 152 Å². The SMILES string of the molecule is c1ccc(-c2nn3c(ccc4ccccc43)c2N(c2ccc3c(c2)C2(c4ccccc4-c4ccccc42)c2ccccc2-3)c2ccc3oc4ccccc4c3c2)cc1. The monoisotopic (exact) mass is 739 g/mol. The van der Waals surface area contributed by atoms with Gasteiger partial charge in [-0.3, -0.25) is 0 Å². The van der Waals surface area contributed by atoms with Crippen molar-refractivity contribution in [2.45, 2.75) is 5.41 Å². The molecule has 0 amide bonds. The van der Waals surface area contributed by atoms with Gasteiger partial charge in [0.25, 0.3) is 0 Å². The van der Waals surface area contributed by atoms with Crippen LogP contribution < -0.4 is 4.90 Å². The number of para-hydroxylation sites is 2. The van der Waals surface area contributed by atoms with Gasteiger partial charge in [-0.2, -0.15) is 5.10 Å². The predicted molar refractivity (Wildman–Crippen MR) is 236 cm³/mol. The number of anilines is 3. The van der Waals surface area contributed by atoms with Crippen LogP contribution in [0.5, 0.6) is 0 Å². The molecule has 0 saturated carbocycles. The van der Waals surface area contributed by atoms with Crippen molar-refractivity contribution < 1.29 is 4.42 Å². The molecule has 0 bridgehead atoms. The van der Waals surface area contributed by atoms with Gasteiger partial charge in [0.15, 0.2) is 0 Å². The fourth-order valence-corrected chi connectivity index (χ4v) is 10.2. The second-order valence-electron chi connectivity index (χ2n) is 15.5. The minimum absolute atomic E-state index is 0.481. The highest BCUT2D eigenvalue weighted by Gasteiger charge is 2.51. The van der Waals surface area contributed by atoms with Crippen molar-refractivity contribution >= 4 is 55.4 Å². The van der Waals surface area contributed by atoms with Crippen molar-refractivity contribution in [3.8, 4) is 33.5 Å². The number of nitrogens with zero attached hydrogens (tertiary/aromatic N) is 3. The Kier molecular flexibility index (Phi) is 6.34. The maximum absolute atomic E-state index is 6.39. The zero-order chi connectivity index (χ0) is 38.0. The van der Waals surface area contributed by atoms with Crippen LogP contribution in [0.1, 0.15) is 22.3 Å². The third-order valence-corrected chi connectivity index (χ3v) is 12.6. The first kappa shape index (κ1) is 31.5. The van der Waals surface area contributed by atoms with Gasteiger partial charge >= 0.3 is 0 Å². The minimum atomic E-state index is -0.481. The third-order valence-electron chi connectivity index (χ3n) is 12.6. The number of fused-ring (bicyclic) bond motifs is 16. The molecule has 58 heavy (non-hydrogen) atoms. The molecule has 4 heteroatoms. The molecule has 1 spiro atoms. The predicted octanol–water partition coefficient (Wildman–Crippen LogP) is 13.9. The van der Waals surface area contributed by atoms with Crippen LogP contribution in [0.3, 0.4) is 0 Å². The van der Waals surface area contributed by atoms with E-state index >= 15 is 0 Å². The molecular weight excluding hydrogens is 707 g/mol. The van der Waals surface area contributed by atoms with Gasteiger partial charge in [0.2, 0.25) is 0 Å². The summed E-state index contributed by atoms with van der Waals surface area (Å²) in [5.74, 6) is 0. The van der Waals surface area contributed by atoms with E-state index in [1.807, 2.05) is 12.1 Å². The molecule has 0 aliphatic heterocycles. The third kappa shape index (κ3) is 4.10. The maximum Gasteiger partial charge on any atom is 0.135 e. The Morgan fingerprint density at radius 2 is 1.02 bits per heavy atom. The van der Waals surface area contributed by atoms with Crippen molar-refractivity contribution in [2.24, 2.45) is 0 Å². The highest BCUT2D eigenvalue weighted by molar-refractivity contribution is 6.08. The largest absolute Gasteiger partial charge is 0.456 e. The molecule has 0 radical (unpaired) electrons. The number of furan rings is 1.